The normalized spacial score (nSPS) is 15.0. The molecule has 0 aliphatic carbocycles. The number of aromatic amines is 1. The van der Waals surface area contributed by atoms with Crippen molar-refractivity contribution in [1.29, 1.82) is 5.26 Å². The Morgan fingerprint density at radius 1 is 1.32 bits per heavy atom. The number of rotatable bonds is 1. The van der Waals surface area contributed by atoms with Gasteiger partial charge in [-0.3, -0.25) is 4.79 Å². The Labute approximate surface area is 126 Å². The summed E-state index contributed by atoms with van der Waals surface area (Å²) in [5.74, 6) is 1.27. The second-order valence-corrected chi connectivity index (χ2v) is 5.28. The van der Waals surface area contributed by atoms with Gasteiger partial charge in [0.05, 0.1) is 17.2 Å². The molecule has 0 saturated heterocycles. The van der Waals surface area contributed by atoms with Crippen LogP contribution in [0.3, 0.4) is 0 Å². The Morgan fingerprint density at radius 2 is 2.14 bits per heavy atom. The van der Waals surface area contributed by atoms with Crippen LogP contribution in [0, 0.1) is 11.3 Å². The molecule has 1 aromatic heterocycles. The molecule has 0 spiro atoms. The van der Waals surface area contributed by atoms with Crippen LogP contribution in [-0.4, -0.2) is 16.6 Å². The molecule has 2 heterocycles. The summed E-state index contributed by atoms with van der Waals surface area (Å²) in [6.45, 7) is 3.60. The first kappa shape index (κ1) is 13.9. The number of hydrogen-bond donors (Lipinski definition) is 1. The third-order valence-corrected chi connectivity index (χ3v) is 3.03. The Balaban J connectivity index is 2.07. The van der Waals surface area contributed by atoms with Crippen LogP contribution in [-0.2, 0) is 0 Å². The minimum atomic E-state index is -0.794. The third-order valence-electron chi connectivity index (χ3n) is 3.03. The van der Waals surface area contributed by atoms with Gasteiger partial charge in [0.15, 0.2) is 5.72 Å². The number of benzene rings is 1. The second-order valence-electron chi connectivity index (χ2n) is 5.28. The van der Waals surface area contributed by atoms with Crippen molar-refractivity contribution >= 4 is 5.90 Å². The van der Waals surface area contributed by atoms with Crippen LogP contribution in [0.5, 0.6) is 11.5 Å². The highest BCUT2D eigenvalue weighted by Crippen LogP contribution is 2.31. The zero-order valence-electron chi connectivity index (χ0n) is 12.1. The number of aliphatic imine (C=N–C) groups is 1. The quantitative estimate of drug-likeness (QED) is 0.873. The number of ether oxygens (including phenoxy) is 2. The lowest BCUT2D eigenvalue weighted by molar-refractivity contribution is 0.112. The highest BCUT2D eigenvalue weighted by atomic mass is 16.5. The van der Waals surface area contributed by atoms with Crippen LogP contribution in [0.4, 0.5) is 0 Å². The Morgan fingerprint density at radius 3 is 2.86 bits per heavy atom. The maximum Gasteiger partial charge on any atom is 0.251 e. The van der Waals surface area contributed by atoms with Crippen LogP contribution in [0.15, 0.2) is 46.3 Å². The number of nitriles is 1. The highest BCUT2D eigenvalue weighted by molar-refractivity contribution is 5.99. The molecule has 1 aromatic carbocycles. The molecule has 0 amide bonds. The second kappa shape index (κ2) is 5.04. The lowest BCUT2D eigenvalue weighted by Crippen LogP contribution is -2.34. The molecule has 110 valence electrons. The van der Waals surface area contributed by atoms with E-state index in [1.807, 2.05) is 0 Å². The van der Waals surface area contributed by atoms with E-state index in [-0.39, 0.29) is 5.56 Å². The lowest BCUT2D eigenvalue weighted by atomic mass is 10.1. The molecule has 1 N–H and O–H groups in total. The number of H-pyrrole nitrogens is 1. The fraction of sp³-hybridized carbons (Fsp3) is 0.188. The molecule has 1 aliphatic heterocycles. The molecule has 0 atom stereocenters. The number of nitrogens with one attached hydrogen (secondary N) is 1. The first-order chi connectivity index (χ1) is 10.5. The smallest absolute Gasteiger partial charge is 0.251 e. The van der Waals surface area contributed by atoms with Gasteiger partial charge in [-0.1, -0.05) is 0 Å². The van der Waals surface area contributed by atoms with Crippen molar-refractivity contribution in [2.24, 2.45) is 4.99 Å². The maximum atomic E-state index is 11.4. The average Bonchev–Trinajstić information content (AvgIpc) is 2.46. The van der Waals surface area contributed by atoms with Gasteiger partial charge < -0.3 is 14.5 Å². The van der Waals surface area contributed by atoms with E-state index >= 15 is 0 Å². The van der Waals surface area contributed by atoms with Gasteiger partial charge in [0.2, 0.25) is 5.90 Å². The van der Waals surface area contributed by atoms with Crippen molar-refractivity contribution in [3.05, 3.63) is 58.0 Å². The summed E-state index contributed by atoms with van der Waals surface area (Å²) in [4.78, 5) is 18.3. The first-order valence-electron chi connectivity index (χ1n) is 6.67. The number of aromatic nitrogens is 1. The molecule has 6 nitrogen and oxygen atoms in total. The van der Waals surface area contributed by atoms with Crippen molar-refractivity contribution in [3.8, 4) is 17.6 Å². The van der Waals surface area contributed by atoms with Gasteiger partial charge in [-0.2, -0.15) is 5.26 Å². The monoisotopic (exact) mass is 295 g/mol. The predicted molar refractivity (Wildman–Crippen MR) is 80.1 cm³/mol. The van der Waals surface area contributed by atoms with Gasteiger partial charge in [0.1, 0.15) is 11.5 Å². The zero-order chi connectivity index (χ0) is 15.7. The molecular weight excluding hydrogens is 282 g/mol. The van der Waals surface area contributed by atoms with Crippen LogP contribution in [0.2, 0.25) is 0 Å². The first-order valence-corrected chi connectivity index (χ1v) is 6.67. The van der Waals surface area contributed by atoms with Crippen molar-refractivity contribution < 1.29 is 9.47 Å². The third kappa shape index (κ3) is 2.69. The summed E-state index contributed by atoms with van der Waals surface area (Å²) in [5.41, 5.74) is -0.00383. The van der Waals surface area contributed by atoms with E-state index in [4.69, 9.17) is 14.7 Å². The van der Waals surface area contributed by atoms with Crippen LogP contribution in [0.1, 0.15) is 25.0 Å². The number of pyridine rings is 1. The summed E-state index contributed by atoms with van der Waals surface area (Å²) < 4.78 is 11.5. The van der Waals surface area contributed by atoms with Crippen LogP contribution >= 0.6 is 0 Å². The van der Waals surface area contributed by atoms with Crippen molar-refractivity contribution in [2.75, 3.05) is 0 Å². The zero-order valence-corrected chi connectivity index (χ0v) is 12.1. The SMILES string of the molecule is CC1(C)N=C(Oc2cc[nH]c(=O)c2)c2cc(C#N)ccc2O1. The molecule has 22 heavy (non-hydrogen) atoms. The molecule has 0 saturated carbocycles. The van der Waals surface area contributed by atoms with E-state index < -0.39 is 5.72 Å². The molecule has 2 aromatic rings. The van der Waals surface area contributed by atoms with Crippen molar-refractivity contribution in [1.82, 2.24) is 4.98 Å². The lowest BCUT2D eigenvalue weighted by Gasteiger charge is -2.29. The largest absolute Gasteiger partial charge is 0.466 e. The standard InChI is InChI=1S/C16H13N3O3/c1-16(2)19-15(21-11-5-6-18-14(20)8-11)12-7-10(9-17)3-4-13(12)22-16/h3-8H,1-2H3,(H,18,20). The summed E-state index contributed by atoms with van der Waals surface area (Å²) >= 11 is 0. The van der Waals surface area contributed by atoms with Crippen LogP contribution in [0.25, 0.3) is 0 Å². The van der Waals surface area contributed by atoms with E-state index in [2.05, 4.69) is 16.0 Å². The summed E-state index contributed by atoms with van der Waals surface area (Å²) in [7, 11) is 0. The molecule has 6 heteroatoms. The topological polar surface area (TPSA) is 87.5 Å². The summed E-state index contributed by atoms with van der Waals surface area (Å²) in [5, 5.41) is 9.04. The summed E-state index contributed by atoms with van der Waals surface area (Å²) in [6.07, 6.45) is 1.50. The molecule has 0 fully saturated rings. The van der Waals surface area contributed by atoms with Gasteiger partial charge >= 0.3 is 0 Å². The Hall–Kier alpha value is -3.07. The minimum absolute atomic E-state index is 0.268. The Bertz CT molecular complexity index is 859. The summed E-state index contributed by atoms with van der Waals surface area (Å²) in [6, 6.07) is 10.1. The molecule has 0 bridgehead atoms. The van der Waals surface area contributed by atoms with Crippen molar-refractivity contribution in [2.45, 2.75) is 19.6 Å². The predicted octanol–water partition coefficient (Wildman–Crippen LogP) is 2.20. The van der Waals surface area contributed by atoms with Gasteiger partial charge in [-0.05, 0) is 38.1 Å². The van der Waals surface area contributed by atoms with Gasteiger partial charge in [-0.15, -0.1) is 0 Å². The number of fused-ring (bicyclic) bond motifs is 1. The van der Waals surface area contributed by atoms with Crippen LogP contribution < -0.4 is 15.0 Å². The van der Waals surface area contributed by atoms with Gasteiger partial charge in [0.25, 0.3) is 5.56 Å². The van der Waals surface area contributed by atoms with E-state index in [9.17, 15) is 4.79 Å². The molecule has 0 radical (unpaired) electrons. The molecule has 0 unspecified atom stereocenters. The van der Waals surface area contributed by atoms with Crippen molar-refractivity contribution in [3.63, 3.8) is 0 Å². The number of hydrogen-bond acceptors (Lipinski definition) is 5. The maximum absolute atomic E-state index is 11.4. The minimum Gasteiger partial charge on any atom is -0.466 e. The average molecular weight is 295 g/mol. The van der Waals surface area contributed by atoms with Gasteiger partial charge in [0, 0.05) is 12.3 Å². The molecule has 1 aliphatic rings. The Kier molecular flexibility index (Phi) is 3.18. The van der Waals surface area contributed by atoms with E-state index in [0.29, 0.717) is 28.5 Å². The highest BCUT2D eigenvalue weighted by Gasteiger charge is 2.29. The van der Waals surface area contributed by atoms with Gasteiger partial charge in [-0.25, -0.2) is 4.99 Å². The molecular formula is C16H13N3O3. The number of nitrogens with zero attached hydrogens (tertiary/aromatic N) is 2. The molecule has 3 rings (SSSR count). The van der Waals surface area contributed by atoms with E-state index in [1.165, 1.54) is 12.3 Å². The fourth-order valence-corrected chi connectivity index (χ4v) is 2.13. The van der Waals surface area contributed by atoms with E-state index in [0.717, 1.165) is 0 Å². The fourth-order valence-electron chi connectivity index (χ4n) is 2.13. The van der Waals surface area contributed by atoms with E-state index in [1.54, 1.807) is 38.1 Å².